The second kappa shape index (κ2) is 8.18. The third kappa shape index (κ3) is 3.60. The van der Waals surface area contributed by atoms with Gasteiger partial charge in [-0.25, -0.2) is 8.42 Å². The molecule has 2 aromatic carbocycles. The summed E-state index contributed by atoms with van der Waals surface area (Å²) in [5.41, 5.74) is 2.77. The quantitative estimate of drug-likeness (QED) is 0.780. The van der Waals surface area contributed by atoms with E-state index in [-0.39, 0.29) is 6.42 Å². The van der Waals surface area contributed by atoms with Crippen LogP contribution in [-0.2, 0) is 14.8 Å². The van der Waals surface area contributed by atoms with Gasteiger partial charge in [0.1, 0.15) is 11.5 Å². The van der Waals surface area contributed by atoms with E-state index in [2.05, 4.69) is 5.32 Å². The van der Waals surface area contributed by atoms with Gasteiger partial charge in [0.2, 0.25) is 15.9 Å². The van der Waals surface area contributed by atoms with Gasteiger partial charge in [0.15, 0.2) is 4.75 Å². The summed E-state index contributed by atoms with van der Waals surface area (Å²) in [7, 11) is -0.947. The van der Waals surface area contributed by atoms with Crippen LogP contribution in [0, 0.1) is 13.8 Å². The number of para-hydroxylation sites is 1. The fourth-order valence-electron chi connectivity index (χ4n) is 3.87. The number of nitrogens with zero attached hydrogens (tertiary/aromatic N) is 1. The molecule has 162 valence electrons. The van der Waals surface area contributed by atoms with Crippen molar-refractivity contribution in [2.45, 2.75) is 38.4 Å². The Balaban J connectivity index is 1.98. The molecule has 1 saturated heterocycles. The molecule has 1 aliphatic rings. The van der Waals surface area contributed by atoms with Crippen LogP contribution in [0.2, 0.25) is 0 Å². The van der Waals surface area contributed by atoms with Crippen LogP contribution in [-0.4, -0.2) is 39.8 Å². The Morgan fingerprint density at radius 2 is 1.77 bits per heavy atom. The molecule has 30 heavy (non-hydrogen) atoms. The molecule has 8 heteroatoms. The first-order valence-electron chi connectivity index (χ1n) is 9.77. The average Bonchev–Trinajstić information content (AvgIpc) is 2.71. The average molecular weight is 433 g/mol. The standard InChI is InChI=1S/C22H28N2O5S/c1-15-8-6-9-16(2)20(15)24-13-7-12-22(3,30(24,26)27)21(25)23-18-11-10-17(28-4)14-19(18)29-5/h6,8-11,14H,7,12-13H2,1-5H3,(H,23,25)/t22-/m0/s1. The first-order chi connectivity index (χ1) is 14.2. The van der Waals surface area contributed by atoms with Gasteiger partial charge < -0.3 is 14.8 Å². The number of hydrogen-bond donors (Lipinski definition) is 1. The fourth-order valence-corrected chi connectivity index (χ4v) is 5.94. The number of aryl methyl sites for hydroxylation is 2. The minimum Gasteiger partial charge on any atom is -0.497 e. The van der Waals surface area contributed by atoms with E-state index in [1.54, 1.807) is 18.2 Å². The summed E-state index contributed by atoms with van der Waals surface area (Å²) >= 11 is 0. The lowest BCUT2D eigenvalue weighted by atomic mass is 10.0. The molecular formula is C22H28N2O5S. The van der Waals surface area contributed by atoms with E-state index in [1.807, 2.05) is 32.0 Å². The van der Waals surface area contributed by atoms with Crippen LogP contribution >= 0.6 is 0 Å². The highest BCUT2D eigenvalue weighted by Gasteiger charge is 2.52. The summed E-state index contributed by atoms with van der Waals surface area (Å²) in [5.74, 6) is 0.385. The van der Waals surface area contributed by atoms with Crippen molar-refractivity contribution in [1.29, 1.82) is 0 Å². The maximum atomic E-state index is 13.6. The molecule has 1 atom stereocenters. The summed E-state index contributed by atoms with van der Waals surface area (Å²) in [6.45, 7) is 5.61. The predicted octanol–water partition coefficient (Wildman–Crippen LogP) is 3.65. The Hall–Kier alpha value is -2.74. The van der Waals surface area contributed by atoms with Crippen molar-refractivity contribution in [3.8, 4) is 11.5 Å². The van der Waals surface area contributed by atoms with Crippen molar-refractivity contribution in [2.24, 2.45) is 0 Å². The first-order valence-corrected chi connectivity index (χ1v) is 11.2. The van der Waals surface area contributed by atoms with Crippen molar-refractivity contribution in [3.63, 3.8) is 0 Å². The largest absolute Gasteiger partial charge is 0.497 e. The first kappa shape index (κ1) is 22.0. The van der Waals surface area contributed by atoms with E-state index in [0.29, 0.717) is 35.8 Å². The zero-order valence-electron chi connectivity index (χ0n) is 18.0. The van der Waals surface area contributed by atoms with Crippen LogP contribution in [0.15, 0.2) is 36.4 Å². The lowest BCUT2D eigenvalue weighted by molar-refractivity contribution is -0.118. The number of benzene rings is 2. The molecule has 0 radical (unpaired) electrons. The lowest BCUT2D eigenvalue weighted by Gasteiger charge is -2.40. The molecule has 1 amide bonds. The van der Waals surface area contributed by atoms with E-state index in [1.165, 1.54) is 25.4 Å². The molecule has 0 spiro atoms. The van der Waals surface area contributed by atoms with Crippen LogP contribution in [0.5, 0.6) is 11.5 Å². The molecule has 0 aliphatic carbocycles. The molecule has 1 aliphatic heterocycles. The van der Waals surface area contributed by atoms with Gasteiger partial charge >= 0.3 is 0 Å². The van der Waals surface area contributed by atoms with E-state index in [9.17, 15) is 13.2 Å². The SMILES string of the molecule is COc1ccc(NC(=O)[C@]2(C)CCCN(c3c(C)cccc3C)S2(=O)=O)c(OC)c1. The van der Waals surface area contributed by atoms with Crippen LogP contribution in [0.25, 0.3) is 0 Å². The normalized spacial score (nSPS) is 20.5. The third-order valence-corrected chi connectivity index (χ3v) is 8.17. The van der Waals surface area contributed by atoms with Gasteiger partial charge in [-0.2, -0.15) is 0 Å². The van der Waals surface area contributed by atoms with E-state index in [0.717, 1.165) is 11.1 Å². The minimum absolute atomic E-state index is 0.237. The predicted molar refractivity (Wildman–Crippen MR) is 118 cm³/mol. The van der Waals surface area contributed by atoms with E-state index >= 15 is 0 Å². The molecule has 0 saturated carbocycles. The number of hydrogen-bond acceptors (Lipinski definition) is 5. The molecule has 1 N–H and O–H groups in total. The lowest BCUT2D eigenvalue weighted by Crippen LogP contribution is -2.57. The molecule has 2 aromatic rings. The molecule has 7 nitrogen and oxygen atoms in total. The highest BCUT2D eigenvalue weighted by atomic mass is 32.2. The fraction of sp³-hybridized carbons (Fsp3) is 0.409. The number of amides is 1. The van der Waals surface area contributed by atoms with Gasteiger partial charge in [0, 0.05) is 12.6 Å². The number of sulfonamides is 1. The number of methoxy groups -OCH3 is 2. The number of carbonyl (C=O) groups is 1. The van der Waals surface area contributed by atoms with Crippen molar-refractivity contribution < 1.29 is 22.7 Å². The van der Waals surface area contributed by atoms with Gasteiger partial charge in [-0.3, -0.25) is 9.10 Å². The van der Waals surface area contributed by atoms with Crippen molar-refractivity contribution >= 4 is 27.3 Å². The number of carbonyl (C=O) groups excluding carboxylic acids is 1. The van der Waals surface area contributed by atoms with Crippen LogP contribution in [0.4, 0.5) is 11.4 Å². The monoisotopic (exact) mass is 432 g/mol. The summed E-state index contributed by atoms with van der Waals surface area (Å²) in [6.07, 6.45) is 0.817. The Morgan fingerprint density at radius 3 is 2.37 bits per heavy atom. The highest BCUT2D eigenvalue weighted by Crippen LogP contribution is 2.39. The third-order valence-electron chi connectivity index (χ3n) is 5.70. The summed E-state index contributed by atoms with van der Waals surface area (Å²) in [6, 6.07) is 10.6. The summed E-state index contributed by atoms with van der Waals surface area (Å²) in [4.78, 5) is 13.3. The van der Waals surface area contributed by atoms with Crippen molar-refractivity contribution in [3.05, 3.63) is 47.5 Å². The molecule has 0 bridgehead atoms. The molecule has 0 unspecified atom stereocenters. The van der Waals surface area contributed by atoms with Gasteiger partial charge in [-0.1, -0.05) is 18.2 Å². The molecule has 1 fully saturated rings. The zero-order valence-corrected chi connectivity index (χ0v) is 18.8. The maximum absolute atomic E-state index is 13.6. The Kier molecular flexibility index (Phi) is 5.99. The summed E-state index contributed by atoms with van der Waals surface area (Å²) in [5, 5.41) is 2.75. The molecule has 1 heterocycles. The van der Waals surface area contributed by atoms with Crippen LogP contribution in [0.3, 0.4) is 0 Å². The molecule has 3 rings (SSSR count). The van der Waals surface area contributed by atoms with Crippen LogP contribution in [0.1, 0.15) is 30.9 Å². The second-order valence-electron chi connectivity index (χ2n) is 7.67. The number of nitrogens with one attached hydrogen (secondary N) is 1. The van der Waals surface area contributed by atoms with Crippen molar-refractivity contribution in [1.82, 2.24) is 0 Å². The van der Waals surface area contributed by atoms with E-state index < -0.39 is 20.7 Å². The van der Waals surface area contributed by atoms with Gasteiger partial charge in [-0.15, -0.1) is 0 Å². The smallest absolute Gasteiger partial charge is 0.249 e. The second-order valence-corrected chi connectivity index (χ2v) is 9.96. The van der Waals surface area contributed by atoms with Crippen molar-refractivity contribution in [2.75, 3.05) is 30.4 Å². The Labute approximate surface area is 178 Å². The Morgan fingerprint density at radius 1 is 1.10 bits per heavy atom. The number of ether oxygens (including phenoxy) is 2. The van der Waals surface area contributed by atoms with Gasteiger partial charge in [-0.05, 0) is 56.9 Å². The van der Waals surface area contributed by atoms with Gasteiger partial charge in [0.25, 0.3) is 0 Å². The molecule has 0 aromatic heterocycles. The van der Waals surface area contributed by atoms with Crippen LogP contribution < -0.4 is 19.1 Å². The Bertz CT molecular complexity index is 1050. The summed E-state index contributed by atoms with van der Waals surface area (Å²) < 4.78 is 37.6. The number of anilines is 2. The molecular weight excluding hydrogens is 404 g/mol. The topological polar surface area (TPSA) is 84.9 Å². The van der Waals surface area contributed by atoms with E-state index in [4.69, 9.17) is 9.47 Å². The highest BCUT2D eigenvalue weighted by molar-refractivity contribution is 7.95. The number of rotatable bonds is 5. The zero-order chi connectivity index (χ0) is 22.1. The maximum Gasteiger partial charge on any atom is 0.249 e. The minimum atomic E-state index is -3.96. The van der Waals surface area contributed by atoms with Gasteiger partial charge in [0.05, 0.1) is 25.6 Å².